The summed E-state index contributed by atoms with van der Waals surface area (Å²) < 4.78 is 2.34. The molecule has 1 atom stereocenters. The van der Waals surface area contributed by atoms with Gasteiger partial charge in [-0.25, -0.2) is 9.97 Å². The lowest BCUT2D eigenvalue weighted by Gasteiger charge is -2.33. The normalized spacial score (nSPS) is 18.4. The number of imidazole rings is 1. The van der Waals surface area contributed by atoms with Crippen LogP contribution in [0.5, 0.6) is 0 Å². The third kappa shape index (κ3) is 5.72. The maximum Gasteiger partial charge on any atom is 0.204 e. The molecule has 1 aliphatic carbocycles. The summed E-state index contributed by atoms with van der Waals surface area (Å²) in [5.74, 6) is 0.932. The number of nitrogens with one attached hydrogen (secondary N) is 1. The van der Waals surface area contributed by atoms with Crippen molar-refractivity contribution in [2.45, 2.75) is 51.1 Å². The van der Waals surface area contributed by atoms with Crippen molar-refractivity contribution >= 4 is 65.8 Å². The molecule has 0 spiro atoms. The summed E-state index contributed by atoms with van der Waals surface area (Å²) in [5, 5.41) is 4.24. The molecule has 1 unspecified atom stereocenters. The van der Waals surface area contributed by atoms with Gasteiger partial charge in [0.15, 0.2) is 0 Å². The van der Waals surface area contributed by atoms with Crippen LogP contribution in [0.25, 0.3) is 11.0 Å². The van der Waals surface area contributed by atoms with Crippen LogP contribution in [-0.2, 0) is 6.42 Å². The molecule has 7 nitrogen and oxygen atoms in total. The van der Waals surface area contributed by atoms with Crippen LogP contribution in [0, 0.1) is 6.92 Å². The molecule has 3 N–H and O–H groups in total. The summed E-state index contributed by atoms with van der Waals surface area (Å²) in [7, 11) is 0. The Balaban J connectivity index is 0.00000136. The fraction of sp³-hybridized carbons (Fsp3) is 0.522. The molecule has 1 aliphatic heterocycles. The third-order valence-electron chi connectivity index (χ3n) is 6.66. The number of halogens is 4. The summed E-state index contributed by atoms with van der Waals surface area (Å²) in [6.07, 6.45) is 6.88. The number of nitrogens with two attached hydrogens (primary N) is 1. The van der Waals surface area contributed by atoms with E-state index in [1.807, 2.05) is 0 Å². The van der Waals surface area contributed by atoms with Crippen LogP contribution < -0.4 is 11.1 Å². The van der Waals surface area contributed by atoms with Crippen molar-refractivity contribution in [2.24, 2.45) is 5.73 Å². The van der Waals surface area contributed by atoms with Gasteiger partial charge in [-0.05, 0) is 50.7 Å². The topological polar surface area (TPSA) is 84.9 Å². The maximum absolute atomic E-state index is 6.25. The van der Waals surface area contributed by atoms with Crippen LogP contribution in [-0.4, -0.2) is 56.6 Å². The second-order valence-electron chi connectivity index (χ2n) is 8.73. The summed E-state index contributed by atoms with van der Waals surface area (Å²) in [4.78, 5) is 16.8. The van der Waals surface area contributed by atoms with Gasteiger partial charge in [-0.1, -0.05) is 23.7 Å². The van der Waals surface area contributed by atoms with E-state index < -0.39 is 0 Å². The van der Waals surface area contributed by atoms with Crippen LogP contribution in [0.15, 0.2) is 24.4 Å². The first-order valence-electron chi connectivity index (χ1n) is 11.3. The Labute approximate surface area is 224 Å². The van der Waals surface area contributed by atoms with Crippen molar-refractivity contribution in [2.75, 3.05) is 31.5 Å². The van der Waals surface area contributed by atoms with Crippen molar-refractivity contribution < 1.29 is 0 Å². The number of fused-ring (bicyclic) bond motifs is 2. The zero-order chi connectivity index (χ0) is 21.4. The van der Waals surface area contributed by atoms with Gasteiger partial charge in [0.05, 0.1) is 34.7 Å². The lowest BCUT2D eigenvalue weighted by molar-refractivity contribution is 0.224. The van der Waals surface area contributed by atoms with Gasteiger partial charge < -0.3 is 20.5 Å². The van der Waals surface area contributed by atoms with Crippen molar-refractivity contribution in [3.05, 3.63) is 46.5 Å². The number of benzene rings is 1. The van der Waals surface area contributed by atoms with E-state index in [4.69, 9.17) is 27.3 Å². The second kappa shape index (κ2) is 12.6. The van der Waals surface area contributed by atoms with Crippen molar-refractivity contribution in [3.8, 4) is 0 Å². The Kier molecular flexibility index (Phi) is 10.7. The molecule has 188 valence electrons. The van der Waals surface area contributed by atoms with Crippen LogP contribution in [0.1, 0.15) is 48.7 Å². The number of hydrogen-bond donors (Lipinski definition) is 2. The van der Waals surface area contributed by atoms with E-state index in [-0.39, 0.29) is 43.3 Å². The number of nitrogens with zero attached hydrogens (tertiary/aromatic N) is 5. The zero-order valence-electron chi connectivity index (χ0n) is 19.2. The number of piperidine rings is 1. The van der Waals surface area contributed by atoms with E-state index in [2.05, 4.69) is 44.9 Å². The highest BCUT2D eigenvalue weighted by Crippen LogP contribution is 2.37. The van der Waals surface area contributed by atoms with Crippen LogP contribution in [0.2, 0.25) is 5.15 Å². The van der Waals surface area contributed by atoms with Gasteiger partial charge in [0.1, 0.15) is 5.15 Å². The molecule has 1 aromatic carbocycles. The molecule has 3 aromatic rings. The molecule has 5 rings (SSSR count). The second-order valence-corrected chi connectivity index (χ2v) is 9.12. The fourth-order valence-electron chi connectivity index (χ4n) is 5.06. The van der Waals surface area contributed by atoms with E-state index in [1.54, 1.807) is 6.20 Å². The molecule has 0 bridgehead atoms. The van der Waals surface area contributed by atoms with Crippen LogP contribution >= 0.6 is 48.8 Å². The molecule has 0 saturated carbocycles. The van der Waals surface area contributed by atoms with Gasteiger partial charge in [0, 0.05) is 32.2 Å². The fourth-order valence-corrected chi connectivity index (χ4v) is 5.20. The Bertz CT molecular complexity index is 1080. The molecule has 2 aliphatic rings. The highest BCUT2D eigenvalue weighted by molar-refractivity contribution is 6.29. The van der Waals surface area contributed by atoms with Gasteiger partial charge in [-0.2, -0.15) is 0 Å². The van der Waals surface area contributed by atoms with Gasteiger partial charge in [-0.3, -0.25) is 4.98 Å². The smallest absolute Gasteiger partial charge is 0.204 e. The first-order chi connectivity index (χ1) is 15.1. The Morgan fingerprint density at radius 2 is 1.88 bits per heavy atom. The first-order valence-corrected chi connectivity index (χ1v) is 11.7. The van der Waals surface area contributed by atoms with Gasteiger partial charge in [-0.15, -0.1) is 37.2 Å². The number of para-hydroxylation sites is 1. The molecule has 0 amide bonds. The molecule has 2 aromatic heterocycles. The average molecular weight is 549 g/mol. The highest BCUT2D eigenvalue weighted by atomic mass is 35.5. The Morgan fingerprint density at radius 3 is 2.62 bits per heavy atom. The standard InChI is InChI=1S/C23H30ClN7.3ClH/c1-15-4-2-6-18-21(15)29-23(27-16-8-11-30(12-9-16)13-10-25)31(18)19-7-3-5-17-22(19)28-20(24)14-26-17;;;/h2,4,6,14,16,19H,3,5,7-13,25H2,1H3,(H,27,29);3*1H. The highest BCUT2D eigenvalue weighted by Gasteiger charge is 2.30. The molecule has 34 heavy (non-hydrogen) atoms. The first kappa shape index (κ1) is 28.9. The van der Waals surface area contributed by atoms with E-state index in [0.717, 1.165) is 86.7 Å². The van der Waals surface area contributed by atoms with Crippen LogP contribution in [0.4, 0.5) is 5.95 Å². The minimum atomic E-state index is 0. The quantitative estimate of drug-likeness (QED) is 0.475. The number of anilines is 1. The number of aromatic nitrogens is 4. The number of aryl methyl sites for hydroxylation is 2. The molecule has 3 heterocycles. The molecule has 11 heteroatoms. The predicted octanol–water partition coefficient (Wildman–Crippen LogP) is 4.81. The molecule has 1 saturated heterocycles. The van der Waals surface area contributed by atoms with E-state index in [9.17, 15) is 0 Å². The zero-order valence-corrected chi connectivity index (χ0v) is 22.4. The average Bonchev–Trinajstić information content (AvgIpc) is 3.14. The lowest BCUT2D eigenvalue weighted by Crippen LogP contribution is -2.41. The lowest BCUT2D eigenvalue weighted by atomic mass is 9.95. The minimum Gasteiger partial charge on any atom is -0.353 e. The monoisotopic (exact) mass is 547 g/mol. The number of hydrogen-bond acceptors (Lipinski definition) is 6. The predicted molar refractivity (Wildman–Crippen MR) is 146 cm³/mol. The number of likely N-dealkylation sites (tertiary alicyclic amines) is 1. The minimum absolute atomic E-state index is 0. The van der Waals surface area contributed by atoms with E-state index >= 15 is 0 Å². The maximum atomic E-state index is 6.25. The van der Waals surface area contributed by atoms with E-state index in [1.165, 1.54) is 5.56 Å². The molecule has 0 radical (unpaired) electrons. The van der Waals surface area contributed by atoms with Crippen molar-refractivity contribution in [1.29, 1.82) is 0 Å². The summed E-state index contributed by atoms with van der Waals surface area (Å²) >= 11 is 6.25. The largest absolute Gasteiger partial charge is 0.353 e. The van der Waals surface area contributed by atoms with Gasteiger partial charge in [0.25, 0.3) is 0 Å². The molecule has 1 fully saturated rings. The summed E-state index contributed by atoms with van der Waals surface area (Å²) in [6.45, 7) is 5.96. The number of rotatable bonds is 5. The van der Waals surface area contributed by atoms with Crippen molar-refractivity contribution in [3.63, 3.8) is 0 Å². The van der Waals surface area contributed by atoms with Crippen molar-refractivity contribution in [1.82, 2.24) is 24.4 Å². The Morgan fingerprint density at radius 1 is 1.12 bits per heavy atom. The third-order valence-corrected chi connectivity index (χ3v) is 6.84. The molecular weight excluding hydrogens is 516 g/mol. The molecular formula is C23H33Cl4N7. The Hall–Kier alpha value is -1.35. The van der Waals surface area contributed by atoms with Gasteiger partial charge in [0.2, 0.25) is 5.95 Å². The summed E-state index contributed by atoms with van der Waals surface area (Å²) in [6, 6.07) is 6.88. The van der Waals surface area contributed by atoms with Crippen LogP contribution in [0.3, 0.4) is 0 Å². The van der Waals surface area contributed by atoms with Gasteiger partial charge >= 0.3 is 0 Å². The SMILES string of the molecule is Cc1cccc2c1nc(NC1CCN(CCN)CC1)n2C1CCCc2ncc(Cl)nc21.Cl.Cl.Cl. The summed E-state index contributed by atoms with van der Waals surface area (Å²) in [5.41, 5.74) is 11.1. The van der Waals surface area contributed by atoms with E-state index in [0.29, 0.717) is 11.2 Å².